The van der Waals surface area contributed by atoms with Crippen molar-refractivity contribution in [2.45, 2.75) is 18.7 Å². The van der Waals surface area contributed by atoms with E-state index in [0.717, 1.165) is 16.5 Å². The second-order valence-corrected chi connectivity index (χ2v) is 5.56. The zero-order valence-corrected chi connectivity index (χ0v) is 12.0. The lowest BCUT2D eigenvalue weighted by Crippen LogP contribution is -1.97. The maximum Gasteiger partial charge on any atom is 0.0636 e. The predicted molar refractivity (Wildman–Crippen MR) is 77.6 cm³/mol. The van der Waals surface area contributed by atoms with E-state index in [1.165, 1.54) is 11.1 Å². The first-order valence-electron chi connectivity index (χ1n) is 5.61. The van der Waals surface area contributed by atoms with Crippen LogP contribution in [0.1, 0.15) is 22.1 Å². The molecule has 0 saturated carbocycles. The van der Waals surface area contributed by atoms with E-state index in [-0.39, 0.29) is 5.38 Å². The Hall–Kier alpha value is -0.790. The summed E-state index contributed by atoms with van der Waals surface area (Å²) in [4.78, 5) is 0. The third kappa shape index (κ3) is 3.34. The molecule has 0 spiro atoms. The standard InChI is InChI=1S/C15H14BrCl/c1-11-7-8-14(16)13(9-11)15(17)10-12-5-3-2-4-6-12/h2-9,15H,10H2,1H3. The Labute approximate surface area is 116 Å². The van der Waals surface area contributed by atoms with Crippen LogP contribution in [0.4, 0.5) is 0 Å². The Morgan fingerprint density at radius 3 is 2.53 bits per heavy atom. The molecule has 2 heteroatoms. The van der Waals surface area contributed by atoms with Crippen LogP contribution in [-0.4, -0.2) is 0 Å². The van der Waals surface area contributed by atoms with E-state index in [0.29, 0.717) is 0 Å². The maximum absolute atomic E-state index is 6.49. The smallest absolute Gasteiger partial charge is 0.0636 e. The molecule has 1 atom stereocenters. The number of aryl methyl sites for hydroxylation is 1. The Morgan fingerprint density at radius 1 is 1.12 bits per heavy atom. The van der Waals surface area contributed by atoms with Crippen molar-refractivity contribution in [2.24, 2.45) is 0 Å². The number of alkyl halides is 1. The minimum absolute atomic E-state index is 0.00618. The van der Waals surface area contributed by atoms with E-state index in [1.807, 2.05) is 18.2 Å². The van der Waals surface area contributed by atoms with Crippen LogP contribution < -0.4 is 0 Å². The molecule has 0 bridgehead atoms. The fourth-order valence-electron chi connectivity index (χ4n) is 1.83. The van der Waals surface area contributed by atoms with Gasteiger partial charge in [-0.15, -0.1) is 11.6 Å². The van der Waals surface area contributed by atoms with Gasteiger partial charge in [-0.05, 0) is 30.5 Å². The van der Waals surface area contributed by atoms with Gasteiger partial charge in [0.05, 0.1) is 5.38 Å². The van der Waals surface area contributed by atoms with Crippen molar-refractivity contribution < 1.29 is 0 Å². The summed E-state index contributed by atoms with van der Waals surface area (Å²) < 4.78 is 1.08. The molecule has 0 fully saturated rings. The van der Waals surface area contributed by atoms with Crippen molar-refractivity contribution in [3.8, 4) is 0 Å². The fraction of sp³-hybridized carbons (Fsp3) is 0.200. The zero-order valence-electron chi connectivity index (χ0n) is 9.66. The lowest BCUT2D eigenvalue weighted by molar-refractivity contribution is 0.912. The van der Waals surface area contributed by atoms with Gasteiger partial charge in [-0.2, -0.15) is 0 Å². The van der Waals surface area contributed by atoms with Gasteiger partial charge >= 0.3 is 0 Å². The van der Waals surface area contributed by atoms with Crippen LogP contribution >= 0.6 is 27.5 Å². The average molecular weight is 310 g/mol. The number of hydrogen-bond donors (Lipinski definition) is 0. The Morgan fingerprint density at radius 2 is 1.82 bits per heavy atom. The minimum atomic E-state index is 0.00618. The van der Waals surface area contributed by atoms with E-state index in [4.69, 9.17) is 11.6 Å². The van der Waals surface area contributed by atoms with Crippen molar-refractivity contribution in [2.75, 3.05) is 0 Å². The van der Waals surface area contributed by atoms with Gasteiger partial charge in [-0.3, -0.25) is 0 Å². The van der Waals surface area contributed by atoms with Crippen LogP contribution in [0.15, 0.2) is 53.0 Å². The van der Waals surface area contributed by atoms with Crippen molar-refractivity contribution in [1.29, 1.82) is 0 Å². The van der Waals surface area contributed by atoms with Gasteiger partial charge in [0.15, 0.2) is 0 Å². The topological polar surface area (TPSA) is 0 Å². The molecule has 0 aliphatic rings. The Kier molecular flexibility index (Phi) is 4.25. The monoisotopic (exact) mass is 308 g/mol. The molecule has 88 valence electrons. The molecule has 17 heavy (non-hydrogen) atoms. The molecule has 0 radical (unpaired) electrons. The van der Waals surface area contributed by atoms with Crippen molar-refractivity contribution in [3.63, 3.8) is 0 Å². The lowest BCUT2D eigenvalue weighted by Gasteiger charge is -2.12. The lowest BCUT2D eigenvalue weighted by atomic mass is 10.0. The Balaban J connectivity index is 2.20. The van der Waals surface area contributed by atoms with Gasteiger partial charge in [0, 0.05) is 4.47 Å². The first-order chi connectivity index (χ1) is 8.16. The largest absolute Gasteiger partial charge is 0.117 e. The number of benzene rings is 2. The summed E-state index contributed by atoms with van der Waals surface area (Å²) in [5, 5.41) is 0.00618. The van der Waals surface area contributed by atoms with Gasteiger partial charge in [0.2, 0.25) is 0 Å². The second kappa shape index (κ2) is 5.70. The minimum Gasteiger partial charge on any atom is -0.117 e. The molecule has 0 aliphatic carbocycles. The van der Waals surface area contributed by atoms with Gasteiger partial charge < -0.3 is 0 Å². The third-order valence-corrected chi connectivity index (χ3v) is 3.86. The van der Waals surface area contributed by atoms with E-state index in [9.17, 15) is 0 Å². The molecular weight excluding hydrogens is 296 g/mol. The predicted octanol–water partition coefficient (Wildman–Crippen LogP) is 5.28. The summed E-state index contributed by atoms with van der Waals surface area (Å²) in [6.07, 6.45) is 0.852. The normalized spacial score (nSPS) is 12.4. The maximum atomic E-state index is 6.49. The molecule has 1 unspecified atom stereocenters. The van der Waals surface area contributed by atoms with E-state index >= 15 is 0 Å². The van der Waals surface area contributed by atoms with Gasteiger partial charge in [-0.25, -0.2) is 0 Å². The second-order valence-electron chi connectivity index (χ2n) is 4.18. The molecule has 0 nitrogen and oxygen atoms in total. The summed E-state index contributed by atoms with van der Waals surface area (Å²) in [5.41, 5.74) is 3.67. The van der Waals surface area contributed by atoms with Crippen LogP contribution in [-0.2, 0) is 6.42 Å². The van der Waals surface area contributed by atoms with Crippen LogP contribution in [0.2, 0.25) is 0 Å². The summed E-state index contributed by atoms with van der Waals surface area (Å²) in [5.74, 6) is 0. The summed E-state index contributed by atoms with van der Waals surface area (Å²) in [7, 11) is 0. The average Bonchev–Trinajstić information content (AvgIpc) is 2.33. The first kappa shape index (κ1) is 12.7. The van der Waals surface area contributed by atoms with Crippen LogP contribution in [0, 0.1) is 6.92 Å². The fourth-order valence-corrected chi connectivity index (χ4v) is 2.85. The van der Waals surface area contributed by atoms with Crippen LogP contribution in [0.25, 0.3) is 0 Å². The Bertz CT molecular complexity index is 494. The molecule has 0 N–H and O–H groups in total. The van der Waals surface area contributed by atoms with Crippen molar-refractivity contribution >= 4 is 27.5 Å². The SMILES string of the molecule is Cc1ccc(Br)c(C(Cl)Cc2ccccc2)c1. The van der Waals surface area contributed by atoms with Crippen molar-refractivity contribution in [1.82, 2.24) is 0 Å². The number of halogens is 2. The summed E-state index contributed by atoms with van der Waals surface area (Å²) in [6, 6.07) is 16.6. The molecular formula is C15H14BrCl. The van der Waals surface area contributed by atoms with Gasteiger partial charge in [-0.1, -0.05) is 64.0 Å². The number of rotatable bonds is 3. The quantitative estimate of drug-likeness (QED) is 0.677. The highest BCUT2D eigenvalue weighted by Crippen LogP contribution is 2.31. The highest BCUT2D eigenvalue weighted by atomic mass is 79.9. The highest BCUT2D eigenvalue weighted by molar-refractivity contribution is 9.10. The summed E-state index contributed by atoms with van der Waals surface area (Å²) >= 11 is 10.0. The van der Waals surface area contributed by atoms with Crippen LogP contribution in [0.5, 0.6) is 0 Å². The van der Waals surface area contributed by atoms with Gasteiger partial charge in [0.25, 0.3) is 0 Å². The van der Waals surface area contributed by atoms with E-state index < -0.39 is 0 Å². The third-order valence-electron chi connectivity index (χ3n) is 2.75. The van der Waals surface area contributed by atoms with E-state index in [2.05, 4.69) is 53.2 Å². The molecule has 2 aromatic carbocycles. The number of hydrogen-bond acceptors (Lipinski definition) is 0. The molecule has 0 heterocycles. The zero-order chi connectivity index (χ0) is 12.3. The molecule has 2 rings (SSSR count). The highest BCUT2D eigenvalue weighted by Gasteiger charge is 2.12. The molecule has 0 aliphatic heterocycles. The molecule has 0 saturated heterocycles. The summed E-state index contributed by atoms with van der Waals surface area (Å²) in [6.45, 7) is 2.09. The molecule has 0 amide bonds. The van der Waals surface area contributed by atoms with E-state index in [1.54, 1.807) is 0 Å². The molecule has 0 aromatic heterocycles. The van der Waals surface area contributed by atoms with Crippen LogP contribution in [0.3, 0.4) is 0 Å². The van der Waals surface area contributed by atoms with Gasteiger partial charge in [0.1, 0.15) is 0 Å². The first-order valence-corrected chi connectivity index (χ1v) is 6.84. The molecule has 2 aromatic rings. The van der Waals surface area contributed by atoms with Crippen molar-refractivity contribution in [3.05, 3.63) is 69.7 Å².